The van der Waals surface area contributed by atoms with E-state index in [1.54, 1.807) is 0 Å². The van der Waals surface area contributed by atoms with Crippen molar-refractivity contribution in [3.8, 4) is 0 Å². The highest BCUT2D eigenvalue weighted by molar-refractivity contribution is 7.14. The lowest BCUT2D eigenvalue weighted by molar-refractivity contribution is -0.275. The Morgan fingerprint density at radius 1 is 1.08 bits per heavy atom. The van der Waals surface area contributed by atoms with Gasteiger partial charge in [0.25, 0.3) is 5.60 Å². The number of hydrogen-bond donors (Lipinski definition) is 1. The average Bonchev–Trinajstić information content (AvgIpc) is 3.45. The van der Waals surface area contributed by atoms with Gasteiger partial charge < -0.3 is 10.2 Å². The molecule has 1 aliphatic heterocycles. The number of nitrogens with one attached hydrogen (secondary N) is 1. The summed E-state index contributed by atoms with van der Waals surface area (Å²) in [5.74, 6) is -0.690. The van der Waals surface area contributed by atoms with Crippen molar-refractivity contribution in [3.05, 3.63) is 54.4 Å². The maximum atomic E-state index is 14.4. The smallest absolute Gasteiger partial charge is 0.374 e. The first-order chi connectivity index (χ1) is 17.1. The first-order valence-corrected chi connectivity index (χ1v) is 13.5. The number of nitrogens with zero attached hydrogens (tertiary/aromatic N) is 1. The molecular formula is C25H24Cl2F4N2O2S. The molecule has 0 saturated heterocycles. The van der Waals surface area contributed by atoms with Crippen LogP contribution in [0.4, 0.5) is 17.6 Å². The highest BCUT2D eigenvalue weighted by atomic mass is 35.5. The van der Waals surface area contributed by atoms with E-state index in [-0.39, 0.29) is 17.3 Å². The molecule has 4 nitrogen and oxygen atoms in total. The van der Waals surface area contributed by atoms with Gasteiger partial charge in [-0.1, -0.05) is 28.4 Å². The van der Waals surface area contributed by atoms with E-state index >= 15 is 0 Å². The van der Waals surface area contributed by atoms with Crippen molar-refractivity contribution in [1.29, 1.82) is 0 Å². The van der Waals surface area contributed by atoms with Gasteiger partial charge in [-0.2, -0.15) is 13.2 Å². The quantitative estimate of drug-likeness (QED) is 0.308. The fourth-order valence-corrected chi connectivity index (χ4v) is 7.09. The number of carbonyl (C=O) groups is 1. The summed E-state index contributed by atoms with van der Waals surface area (Å²) in [6.45, 7) is 0.605. The summed E-state index contributed by atoms with van der Waals surface area (Å²) in [6, 6.07) is 2.07. The molecule has 194 valence electrons. The number of benzene rings is 1. The topological polar surface area (TPSA) is 50.7 Å². The zero-order valence-corrected chi connectivity index (χ0v) is 21.6. The number of rotatable bonds is 5. The van der Waals surface area contributed by atoms with E-state index in [1.165, 1.54) is 16.9 Å². The van der Waals surface area contributed by atoms with Gasteiger partial charge in [0.15, 0.2) is 5.82 Å². The molecule has 2 aromatic rings. The molecular weight excluding hydrogens is 539 g/mol. The summed E-state index contributed by atoms with van der Waals surface area (Å²) in [5, 5.41) is 6.45. The Labute approximate surface area is 220 Å². The summed E-state index contributed by atoms with van der Waals surface area (Å²) >= 11 is 13.1. The molecule has 2 heterocycles. The lowest BCUT2D eigenvalue weighted by Crippen LogP contribution is -2.42. The van der Waals surface area contributed by atoms with Gasteiger partial charge in [0, 0.05) is 35.9 Å². The van der Waals surface area contributed by atoms with Crippen molar-refractivity contribution in [3.63, 3.8) is 0 Å². The molecule has 1 unspecified atom stereocenters. The lowest BCUT2D eigenvalue weighted by atomic mass is 9.85. The van der Waals surface area contributed by atoms with Crippen molar-refractivity contribution in [2.75, 3.05) is 0 Å². The Bertz CT molecular complexity index is 1200. The van der Waals surface area contributed by atoms with Crippen LogP contribution in [0, 0.1) is 5.82 Å². The molecule has 0 radical (unpaired) electrons. The van der Waals surface area contributed by atoms with E-state index in [1.807, 2.05) is 0 Å². The van der Waals surface area contributed by atoms with Gasteiger partial charge in [-0.15, -0.1) is 11.3 Å². The van der Waals surface area contributed by atoms with Crippen LogP contribution in [0.2, 0.25) is 10.0 Å². The van der Waals surface area contributed by atoms with Crippen LogP contribution in [0.25, 0.3) is 0 Å². The van der Waals surface area contributed by atoms with Crippen LogP contribution >= 0.6 is 34.5 Å². The minimum absolute atomic E-state index is 0.224. The van der Waals surface area contributed by atoms with Crippen LogP contribution in [0.3, 0.4) is 0 Å². The summed E-state index contributed by atoms with van der Waals surface area (Å²) in [6.07, 6.45) is 0.980. The van der Waals surface area contributed by atoms with Crippen LogP contribution < -0.4 is 5.32 Å². The number of carbonyl (C=O) groups excluding carboxylic acids is 1. The zero-order chi connectivity index (χ0) is 25.7. The minimum atomic E-state index is -4.84. The molecule has 11 heteroatoms. The zero-order valence-electron chi connectivity index (χ0n) is 19.2. The molecule has 5 rings (SSSR count). The van der Waals surface area contributed by atoms with Crippen molar-refractivity contribution in [2.45, 2.75) is 82.2 Å². The van der Waals surface area contributed by atoms with Crippen LogP contribution in [-0.4, -0.2) is 23.7 Å². The van der Waals surface area contributed by atoms with Gasteiger partial charge >= 0.3 is 6.18 Å². The molecule has 1 N–H and O–H groups in total. The fourth-order valence-electron chi connectivity index (χ4n) is 5.28. The molecule has 0 amide bonds. The number of hydrogen-bond acceptors (Lipinski definition) is 5. The first kappa shape index (κ1) is 25.9. The summed E-state index contributed by atoms with van der Waals surface area (Å²) in [4.78, 5) is 18.5. The fraction of sp³-hybridized carbons (Fsp3) is 0.520. The monoisotopic (exact) mass is 562 g/mol. The van der Waals surface area contributed by atoms with E-state index in [2.05, 4.69) is 10.5 Å². The summed E-state index contributed by atoms with van der Waals surface area (Å²) in [7, 11) is 0. The molecule has 1 fully saturated rings. The molecule has 1 atom stereocenters. The van der Waals surface area contributed by atoms with Crippen LogP contribution in [0.5, 0.6) is 0 Å². The van der Waals surface area contributed by atoms with Crippen molar-refractivity contribution < 1.29 is 27.2 Å². The van der Waals surface area contributed by atoms with E-state index in [9.17, 15) is 22.4 Å². The van der Waals surface area contributed by atoms with Gasteiger partial charge in [-0.3, -0.25) is 4.79 Å². The largest absolute Gasteiger partial charge is 0.435 e. The molecule has 0 bridgehead atoms. The normalized spacial score (nSPS) is 22.9. The first-order valence-electron chi connectivity index (χ1n) is 11.9. The predicted molar refractivity (Wildman–Crippen MR) is 131 cm³/mol. The summed E-state index contributed by atoms with van der Waals surface area (Å²) in [5.41, 5.74) is -0.744. The molecule has 2 aliphatic carbocycles. The number of alkyl halides is 3. The second-order valence-corrected chi connectivity index (χ2v) is 11.5. The highest BCUT2D eigenvalue weighted by Gasteiger charge is 2.62. The average molecular weight is 563 g/mol. The second-order valence-electron chi connectivity index (χ2n) is 9.60. The number of thiophene rings is 1. The number of halogens is 6. The summed E-state index contributed by atoms with van der Waals surface area (Å²) < 4.78 is 57.3. The molecule has 1 saturated carbocycles. The van der Waals surface area contributed by atoms with Crippen molar-refractivity contribution in [2.24, 2.45) is 5.16 Å². The third-order valence-electron chi connectivity index (χ3n) is 7.30. The van der Waals surface area contributed by atoms with Gasteiger partial charge in [0.05, 0.1) is 21.3 Å². The van der Waals surface area contributed by atoms with Crippen LogP contribution in [0.1, 0.15) is 71.4 Å². The SMILES string of the molecule is O=C1CCC(NCc2sc(C3=NOC(c4cc(Cl)c(F)c(Cl)c4)(C(F)(F)F)C3)c3c2CCCC3)CC1. The van der Waals surface area contributed by atoms with Crippen molar-refractivity contribution >= 4 is 46.0 Å². The Morgan fingerprint density at radius 2 is 1.72 bits per heavy atom. The Hall–Kier alpha value is -1.68. The predicted octanol–water partition coefficient (Wildman–Crippen LogP) is 7.26. The molecule has 0 spiro atoms. The Balaban J connectivity index is 1.44. The standard InChI is InChI=1S/C25H24Cl2F4N2O2S/c26-18-9-13(10-19(27)22(18)28)24(25(29,30)31)11-20(33-35-24)23-17-4-2-1-3-16(17)21(36-23)12-32-14-5-7-15(34)8-6-14/h9-10,14,32H,1-8,11-12H2. The molecule has 36 heavy (non-hydrogen) atoms. The second kappa shape index (κ2) is 9.89. The van der Waals surface area contributed by atoms with E-state index in [0.29, 0.717) is 30.0 Å². The molecule has 1 aromatic carbocycles. The lowest BCUT2D eigenvalue weighted by Gasteiger charge is -2.29. The third kappa shape index (κ3) is 4.68. The van der Waals surface area contributed by atoms with Crippen LogP contribution in [-0.2, 0) is 34.6 Å². The number of Topliss-reactive ketones (excluding diaryl/α,β-unsaturated/α-hetero) is 1. The van der Waals surface area contributed by atoms with Crippen LogP contribution in [0.15, 0.2) is 17.3 Å². The van der Waals surface area contributed by atoms with Gasteiger partial charge in [0.2, 0.25) is 0 Å². The number of fused-ring (bicyclic) bond motifs is 1. The highest BCUT2D eigenvalue weighted by Crippen LogP contribution is 2.51. The van der Waals surface area contributed by atoms with Gasteiger partial charge in [0.1, 0.15) is 11.5 Å². The van der Waals surface area contributed by atoms with Crippen molar-refractivity contribution in [1.82, 2.24) is 5.32 Å². The van der Waals surface area contributed by atoms with E-state index < -0.39 is 34.1 Å². The minimum Gasteiger partial charge on any atom is -0.374 e. The maximum absolute atomic E-state index is 14.4. The van der Waals surface area contributed by atoms with E-state index in [4.69, 9.17) is 28.0 Å². The number of oxime groups is 1. The Kier molecular flexibility index (Phi) is 7.13. The third-order valence-corrected chi connectivity index (χ3v) is 9.17. The molecule has 1 aromatic heterocycles. The maximum Gasteiger partial charge on any atom is 0.435 e. The Morgan fingerprint density at radius 3 is 2.36 bits per heavy atom. The van der Waals surface area contributed by atoms with E-state index in [0.717, 1.165) is 61.1 Å². The molecule has 3 aliphatic rings. The van der Waals surface area contributed by atoms with Gasteiger partial charge in [-0.05, 0) is 61.8 Å². The van der Waals surface area contributed by atoms with Gasteiger partial charge in [-0.25, -0.2) is 4.39 Å². The number of ketones is 1.